The minimum atomic E-state index is -0.179. The lowest BCUT2D eigenvalue weighted by molar-refractivity contribution is -0.120. The first-order valence-electron chi connectivity index (χ1n) is 8.03. The fraction of sp³-hybridized carbons (Fsp3) is 0.263. The highest BCUT2D eigenvalue weighted by molar-refractivity contribution is 7.10. The van der Waals surface area contributed by atoms with Crippen molar-refractivity contribution >= 4 is 28.8 Å². The quantitative estimate of drug-likeness (QED) is 0.728. The van der Waals surface area contributed by atoms with Gasteiger partial charge < -0.3 is 5.32 Å². The van der Waals surface area contributed by atoms with Crippen LogP contribution in [0, 0.1) is 13.8 Å². The van der Waals surface area contributed by atoms with Gasteiger partial charge in [-0.2, -0.15) is 5.10 Å². The molecule has 2 heterocycles. The van der Waals surface area contributed by atoms with Crippen molar-refractivity contribution in [3.8, 4) is 0 Å². The molecule has 1 N–H and O–H groups in total. The number of carbonyl (C=O) groups excluding carboxylic acids is 1. The molecule has 25 heavy (non-hydrogen) atoms. The molecule has 0 aliphatic carbocycles. The third-order valence-corrected chi connectivity index (χ3v) is 5.52. The third-order valence-electron chi connectivity index (χ3n) is 4.33. The van der Waals surface area contributed by atoms with E-state index in [0.29, 0.717) is 11.4 Å². The lowest BCUT2D eigenvalue weighted by atomic mass is 10.0. The summed E-state index contributed by atoms with van der Waals surface area (Å²) in [5.74, 6) is -0.0208. The molecule has 0 spiro atoms. The molecule has 1 unspecified atom stereocenters. The maximum absolute atomic E-state index is 12.7. The van der Waals surface area contributed by atoms with Crippen LogP contribution in [-0.4, -0.2) is 15.7 Å². The number of aromatic nitrogens is 2. The van der Waals surface area contributed by atoms with E-state index in [1.165, 1.54) is 0 Å². The Morgan fingerprint density at radius 3 is 2.56 bits per heavy atom. The number of hydrogen-bond acceptors (Lipinski definition) is 3. The van der Waals surface area contributed by atoms with Crippen LogP contribution in [-0.2, 0) is 18.3 Å². The highest BCUT2D eigenvalue weighted by atomic mass is 35.5. The number of nitrogens with one attached hydrogen (secondary N) is 1. The van der Waals surface area contributed by atoms with Gasteiger partial charge in [-0.1, -0.05) is 29.8 Å². The van der Waals surface area contributed by atoms with Gasteiger partial charge in [0.1, 0.15) is 0 Å². The van der Waals surface area contributed by atoms with E-state index in [1.54, 1.807) is 11.3 Å². The average molecular weight is 374 g/mol. The molecule has 2 aromatic heterocycles. The van der Waals surface area contributed by atoms with Gasteiger partial charge in [0.15, 0.2) is 0 Å². The molecule has 4 nitrogen and oxygen atoms in total. The fourth-order valence-corrected chi connectivity index (χ4v) is 3.80. The Hall–Kier alpha value is -2.11. The van der Waals surface area contributed by atoms with Crippen LogP contribution in [0.5, 0.6) is 0 Å². The number of amides is 1. The van der Waals surface area contributed by atoms with Crippen molar-refractivity contribution in [3.05, 3.63) is 74.2 Å². The first-order chi connectivity index (χ1) is 12.0. The molecule has 1 atom stereocenters. The first-order valence-corrected chi connectivity index (χ1v) is 9.28. The topological polar surface area (TPSA) is 46.9 Å². The summed E-state index contributed by atoms with van der Waals surface area (Å²) in [6.45, 7) is 3.92. The van der Waals surface area contributed by atoms with Gasteiger partial charge in [0, 0.05) is 28.2 Å². The van der Waals surface area contributed by atoms with E-state index in [9.17, 15) is 4.79 Å². The Morgan fingerprint density at radius 1 is 1.28 bits per heavy atom. The number of carbonyl (C=O) groups is 1. The van der Waals surface area contributed by atoms with Crippen molar-refractivity contribution in [3.63, 3.8) is 0 Å². The Kier molecular flexibility index (Phi) is 5.25. The summed E-state index contributed by atoms with van der Waals surface area (Å²) in [6, 6.07) is 11.4. The summed E-state index contributed by atoms with van der Waals surface area (Å²) >= 11 is 7.62. The molecule has 0 bridgehead atoms. The molecule has 6 heteroatoms. The van der Waals surface area contributed by atoms with Crippen LogP contribution < -0.4 is 5.32 Å². The van der Waals surface area contributed by atoms with Crippen LogP contribution in [0.25, 0.3) is 0 Å². The molecule has 0 aliphatic rings. The highest BCUT2D eigenvalue weighted by Gasteiger charge is 2.20. The monoisotopic (exact) mass is 373 g/mol. The largest absolute Gasteiger partial charge is 0.344 e. The zero-order chi connectivity index (χ0) is 18.0. The minimum Gasteiger partial charge on any atom is -0.344 e. The number of benzene rings is 1. The second-order valence-electron chi connectivity index (χ2n) is 6.02. The second-order valence-corrected chi connectivity index (χ2v) is 7.43. The van der Waals surface area contributed by atoms with E-state index in [1.807, 2.05) is 67.4 Å². The predicted molar refractivity (Wildman–Crippen MR) is 102 cm³/mol. The van der Waals surface area contributed by atoms with Crippen molar-refractivity contribution in [1.29, 1.82) is 0 Å². The Bertz CT molecular complexity index is 869. The molecule has 0 fully saturated rings. The first kappa shape index (κ1) is 17.7. The molecule has 130 valence electrons. The van der Waals surface area contributed by atoms with Crippen LogP contribution in [0.1, 0.15) is 33.4 Å². The fourth-order valence-electron chi connectivity index (χ4n) is 2.88. The van der Waals surface area contributed by atoms with Gasteiger partial charge in [0.05, 0.1) is 18.2 Å². The van der Waals surface area contributed by atoms with Crippen LogP contribution in [0.2, 0.25) is 5.02 Å². The number of halogens is 1. The van der Waals surface area contributed by atoms with Gasteiger partial charge in [0.25, 0.3) is 0 Å². The standard InChI is InChI=1S/C19H20ClN3OS/c1-12-16(13(2)23(3)22-12)11-18(24)21-19(17-5-4-10-25-17)14-6-8-15(20)9-7-14/h4-10,19H,11H2,1-3H3,(H,21,24). The van der Waals surface area contributed by atoms with E-state index in [4.69, 9.17) is 11.6 Å². The van der Waals surface area contributed by atoms with Gasteiger partial charge in [-0.05, 0) is 43.0 Å². The smallest absolute Gasteiger partial charge is 0.225 e. The summed E-state index contributed by atoms with van der Waals surface area (Å²) < 4.78 is 1.81. The van der Waals surface area contributed by atoms with Gasteiger partial charge in [0.2, 0.25) is 5.91 Å². The van der Waals surface area contributed by atoms with E-state index in [0.717, 1.165) is 27.4 Å². The maximum atomic E-state index is 12.7. The van der Waals surface area contributed by atoms with Crippen molar-refractivity contribution < 1.29 is 4.79 Å². The van der Waals surface area contributed by atoms with Crippen LogP contribution in [0.15, 0.2) is 41.8 Å². The lowest BCUT2D eigenvalue weighted by Gasteiger charge is -2.18. The van der Waals surface area contributed by atoms with Crippen molar-refractivity contribution in [2.75, 3.05) is 0 Å². The summed E-state index contributed by atoms with van der Waals surface area (Å²) in [6.07, 6.45) is 0.320. The van der Waals surface area contributed by atoms with Crippen molar-refractivity contribution in [1.82, 2.24) is 15.1 Å². The predicted octanol–water partition coefficient (Wildman–Crippen LogP) is 4.20. The van der Waals surface area contributed by atoms with Crippen LogP contribution in [0.4, 0.5) is 0 Å². The lowest BCUT2D eigenvalue weighted by Crippen LogP contribution is -2.30. The number of nitrogens with zero attached hydrogens (tertiary/aromatic N) is 2. The minimum absolute atomic E-state index is 0.0208. The number of rotatable bonds is 5. The molecular weight excluding hydrogens is 354 g/mol. The van der Waals surface area contributed by atoms with E-state index in [-0.39, 0.29) is 11.9 Å². The van der Waals surface area contributed by atoms with Gasteiger partial charge >= 0.3 is 0 Å². The average Bonchev–Trinajstić information content (AvgIpc) is 3.19. The van der Waals surface area contributed by atoms with Crippen molar-refractivity contribution in [2.24, 2.45) is 7.05 Å². The number of thiophene rings is 1. The van der Waals surface area contributed by atoms with Gasteiger partial charge in [-0.25, -0.2) is 0 Å². The summed E-state index contributed by atoms with van der Waals surface area (Å²) in [4.78, 5) is 13.8. The Labute approximate surface area is 156 Å². The molecule has 0 aliphatic heterocycles. The van der Waals surface area contributed by atoms with Crippen LogP contribution >= 0.6 is 22.9 Å². The normalized spacial score (nSPS) is 12.2. The zero-order valence-electron chi connectivity index (χ0n) is 14.4. The number of aryl methyl sites for hydroxylation is 2. The van der Waals surface area contributed by atoms with E-state index < -0.39 is 0 Å². The van der Waals surface area contributed by atoms with E-state index >= 15 is 0 Å². The number of hydrogen-bond donors (Lipinski definition) is 1. The Balaban J connectivity index is 1.83. The molecule has 0 saturated carbocycles. The summed E-state index contributed by atoms with van der Waals surface area (Å²) in [5.41, 5.74) is 3.92. The van der Waals surface area contributed by atoms with Crippen molar-refractivity contribution in [2.45, 2.75) is 26.3 Å². The summed E-state index contributed by atoms with van der Waals surface area (Å²) in [7, 11) is 1.89. The second kappa shape index (κ2) is 7.42. The summed E-state index contributed by atoms with van der Waals surface area (Å²) in [5, 5.41) is 10.2. The maximum Gasteiger partial charge on any atom is 0.225 e. The van der Waals surface area contributed by atoms with Crippen LogP contribution in [0.3, 0.4) is 0 Å². The molecule has 1 aromatic carbocycles. The van der Waals surface area contributed by atoms with Gasteiger partial charge in [-0.15, -0.1) is 11.3 Å². The Morgan fingerprint density at radius 2 is 2.00 bits per heavy atom. The molecule has 0 saturated heterocycles. The highest BCUT2D eigenvalue weighted by Crippen LogP contribution is 2.27. The molecule has 3 rings (SSSR count). The molecule has 1 amide bonds. The zero-order valence-corrected chi connectivity index (χ0v) is 16.0. The SMILES string of the molecule is Cc1nn(C)c(C)c1CC(=O)NC(c1ccc(Cl)cc1)c1cccs1. The molecule has 0 radical (unpaired) electrons. The van der Waals surface area contributed by atoms with Gasteiger partial charge in [-0.3, -0.25) is 9.48 Å². The van der Waals surface area contributed by atoms with E-state index in [2.05, 4.69) is 10.4 Å². The third kappa shape index (κ3) is 3.94. The molecule has 3 aromatic rings. The molecular formula is C19H20ClN3OS.